The van der Waals surface area contributed by atoms with E-state index in [4.69, 9.17) is 8.85 Å². The maximum Gasteiger partial charge on any atom is 0.192 e. The molecule has 1 fully saturated rings. The third kappa shape index (κ3) is 4.30. The molecular weight excluding hydrogens is 392 g/mol. The van der Waals surface area contributed by atoms with Crippen molar-refractivity contribution in [3.8, 4) is 0 Å². The van der Waals surface area contributed by atoms with Gasteiger partial charge in [-0.2, -0.15) is 0 Å². The Hall–Kier alpha value is -0.496. The van der Waals surface area contributed by atoms with Gasteiger partial charge in [0, 0.05) is 11.8 Å². The van der Waals surface area contributed by atoms with Crippen molar-refractivity contribution in [1.82, 2.24) is 0 Å². The second-order valence-electron chi connectivity index (χ2n) is 12.4. The van der Waals surface area contributed by atoms with Gasteiger partial charge in [-0.05, 0) is 86.6 Å². The van der Waals surface area contributed by atoms with Crippen molar-refractivity contribution in [2.24, 2.45) is 17.3 Å². The van der Waals surface area contributed by atoms with Crippen molar-refractivity contribution in [2.45, 2.75) is 104 Å². The molecule has 0 heterocycles. The molecule has 0 aliphatic heterocycles. The molecule has 29 heavy (non-hydrogen) atoms. The van der Waals surface area contributed by atoms with Crippen molar-refractivity contribution in [1.29, 1.82) is 0 Å². The summed E-state index contributed by atoms with van der Waals surface area (Å²) in [6, 6.07) is 0. The Bertz CT molecular complexity index is 738. The van der Waals surface area contributed by atoms with Gasteiger partial charge in [0.2, 0.25) is 0 Å². The molecular formula is C24H42O3Si2. The summed E-state index contributed by atoms with van der Waals surface area (Å²) in [5, 5.41) is 0.153. The van der Waals surface area contributed by atoms with Gasteiger partial charge >= 0.3 is 0 Å². The Labute approximate surface area is 180 Å². The summed E-state index contributed by atoms with van der Waals surface area (Å²) in [6.45, 7) is 22.9. The number of fused-ring (bicyclic) bond motifs is 3. The molecule has 3 aliphatic rings. The summed E-state index contributed by atoms with van der Waals surface area (Å²) < 4.78 is 13.7. The average molecular weight is 435 g/mol. The van der Waals surface area contributed by atoms with Gasteiger partial charge in [0.1, 0.15) is 0 Å². The topological polar surface area (TPSA) is 35.5 Å². The first-order chi connectivity index (χ1) is 13.1. The second kappa shape index (κ2) is 7.28. The lowest BCUT2D eigenvalue weighted by atomic mass is 9.55. The third-order valence-corrected chi connectivity index (χ3v) is 13.4. The molecule has 0 saturated heterocycles. The van der Waals surface area contributed by atoms with Crippen LogP contribution in [0.2, 0.25) is 37.8 Å². The quantitative estimate of drug-likeness (QED) is 0.375. The van der Waals surface area contributed by atoms with Gasteiger partial charge in [-0.15, -0.1) is 0 Å². The first kappa shape index (κ1) is 23.2. The molecule has 1 saturated carbocycles. The van der Waals surface area contributed by atoms with Crippen molar-refractivity contribution < 1.29 is 13.6 Å². The molecule has 0 aromatic heterocycles. The highest BCUT2D eigenvalue weighted by molar-refractivity contribution is 6.74. The molecule has 0 aromatic carbocycles. The van der Waals surface area contributed by atoms with E-state index in [0.29, 0.717) is 18.3 Å². The van der Waals surface area contributed by atoms with Crippen LogP contribution >= 0.6 is 0 Å². The number of ketones is 1. The molecule has 0 N–H and O–H groups in total. The van der Waals surface area contributed by atoms with E-state index in [9.17, 15) is 4.79 Å². The summed E-state index contributed by atoms with van der Waals surface area (Å²) in [5.74, 6) is 1.17. The van der Waals surface area contributed by atoms with E-state index in [1.165, 1.54) is 11.1 Å². The second-order valence-corrected chi connectivity index (χ2v) is 21.6. The third-order valence-electron chi connectivity index (χ3n) is 7.94. The highest BCUT2D eigenvalue weighted by Gasteiger charge is 2.57. The summed E-state index contributed by atoms with van der Waals surface area (Å²) in [7, 11) is -3.64. The molecule has 164 valence electrons. The molecule has 5 heteroatoms. The molecule has 0 aromatic rings. The van der Waals surface area contributed by atoms with Crippen LogP contribution in [0.1, 0.15) is 53.9 Å². The van der Waals surface area contributed by atoms with Crippen molar-refractivity contribution >= 4 is 22.4 Å². The number of hydrogen-bond acceptors (Lipinski definition) is 3. The van der Waals surface area contributed by atoms with E-state index in [-0.39, 0.29) is 28.4 Å². The Morgan fingerprint density at radius 2 is 1.72 bits per heavy atom. The van der Waals surface area contributed by atoms with Crippen LogP contribution in [0, 0.1) is 17.3 Å². The van der Waals surface area contributed by atoms with Gasteiger partial charge in [-0.1, -0.05) is 33.8 Å². The molecule has 3 rings (SSSR count). The fourth-order valence-corrected chi connectivity index (χ4v) is 7.82. The van der Waals surface area contributed by atoms with Crippen molar-refractivity contribution in [3.05, 3.63) is 23.3 Å². The maximum atomic E-state index is 12.6. The van der Waals surface area contributed by atoms with E-state index in [2.05, 4.69) is 73.4 Å². The van der Waals surface area contributed by atoms with Crippen molar-refractivity contribution in [2.75, 3.05) is 0 Å². The highest BCUT2D eigenvalue weighted by atomic mass is 28.4. The number of carbonyl (C=O) groups excluding carboxylic acids is 1. The van der Waals surface area contributed by atoms with Gasteiger partial charge in [-0.25, -0.2) is 0 Å². The van der Waals surface area contributed by atoms with Gasteiger partial charge in [0.15, 0.2) is 22.4 Å². The average Bonchev–Trinajstić information content (AvgIpc) is 2.83. The number of rotatable bonds is 4. The van der Waals surface area contributed by atoms with Crippen LogP contribution in [0.15, 0.2) is 23.3 Å². The van der Waals surface area contributed by atoms with Gasteiger partial charge in [0.25, 0.3) is 0 Å². The predicted octanol–water partition coefficient (Wildman–Crippen LogP) is 6.49. The Kier molecular flexibility index (Phi) is 5.82. The minimum atomic E-state index is -1.95. The molecule has 0 radical (unpaired) electrons. The molecule has 3 nitrogen and oxygen atoms in total. The fourth-order valence-electron chi connectivity index (χ4n) is 5.41. The maximum absolute atomic E-state index is 12.6. The summed E-state index contributed by atoms with van der Waals surface area (Å²) >= 11 is 0. The van der Waals surface area contributed by atoms with E-state index < -0.39 is 16.6 Å². The number of carbonyl (C=O) groups is 1. The number of hydrogen-bond donors (Lipinski definition) is 0. The van der Waals surface area contributed by atoms with E-state index >= 15 is 0 Å². The zero-order valence-electron chi connectivity index (χ0n) is 20.3. The van der Waals surface area contributed by atoms with E-state index in [1.54, 1.807) is 0 Å². The highest BCUT2D eigenvalue weighted by Crippen LogP contribution is 2.59. The Balaban J connectivity index is 2.01. The first-order valence-electron chi connectivity index (χ1n) is 11.3. The molecule has 5 atom stereocenters. The van der Waals surface area contributed by atoms with E-state index in [0.717, 1.165) is 12.8 Å². The first-order valence-corrected chi connectivity index (χ1v) is 17.6. The van der Waals surface area contributed by atoms with Crippen LogP contribution in [-0.2, 0) is 13.6 Å². The van der Waals surface area contributed by atoms with Crippen LogP contribution < -0.4 is 0 Å². The van der Waals surface area contributed by atoms with Crippen LogP contribution in [-0.4, -0.2) is 34.6 Å². The zero-order valence-corrected chi connectivity index (χ0v) is 22.3. The van der Waals surface area contributed by atoms with Crippen molar-refractivity contribution in [3.63, 3.8) is 0 Å². The summed E-state index contributed by atoms with van der Waals surface area (Å²) in [6.07, 6.45) is 7.20. The summed E-state index contributed by atoms with van der Waals surface area (Å²) in [5.41, 5.74) is 2.55. The minimum Gasteiger partial charge on any atom is -0.411 e. The molecule has 3 aliphatic carbocycles. The van der Waals surface area contributed by atoms with Crippen LogP contribution in [0.4, 0.5) is 0 Å². The number of allylic oxidation sites excluding steroid dienone is 2. The summed E-state index contributed by atoms with van der Waals surface area (Å²) in [4.78, 5) is 12.6. The van der Waals surface area contributed by atoms with E-state index in [1.807, 2.05) is 6.08 Å². The van der Waals surface area contributed by atoms with Gasteiger partial charge < -0.3 is 8.85 Å². The van der Waals surface area contributed by atoms with Crippen LogP contribution in [0.5, 0.6) is 0 Å². The monoisotopic (exact) mass is 434 g/mol. The zero-order chi connectivity index (χ0) is 22.0. The lowest BCUT2D eigenvalue weighted by Gasteiger charge is -2.55. The molecule has 0 unspecified atom stereocenters. The lowest BCUT2D eigenvalue weighted by molar-refractivity contribution is -0.116. The van der Waals surface area contributed by atoms with Crippen LogP contribution in [0.25, 0.3) is 0 Å². The molecule has 0 bridgehead atoms. The Morgan fingerprint density at radius 1 is 1.10 bits per heavy atom. The smallest absolute Gasteiger partial charge is 0.192 e. The Morgan fingerprint density at radius 3 is 2.28 bits per heavy atom. The SMILES string of the molecule is CC1=CC[C@H]2[C@@H](C[C@H](O[Si](C)(C)C(C)(C)C)C3=CC(=O)C[C@@]32C)[C@@H]1O[Si](C)(C)C. The van der Waals surface area contributed by atoms with Gasteiger partial charge in [0.05, 0.1) is 12.2 Å². The fraction of sp³-hybridized carbons (Fsp3) is 0.792. The minimum absolute atomic E-state index is 0.0484. The molecule has 0 spiro atoms. The van der Waals surface area contributed by atoms with Crippen LogP contribution in [0.3, 0.4) is 0 Å². The largest absolute Gasteiger partial charge is 0.411 e. The predicted molar refractivity (Wildman–Crippen MR) is 126 cm³/mol. The normalized spacial score (nSPS) is 35.7. The van der Waals surface area contributed by atoms with Gasteiger partial charge in [-0.3, -0.25) is 4.79 Å². The molecule has 0 amide bonds. The standard InChI is InChI=1S/C24H42O3Si2/c1-16-11-12-19-18(22(16)27-28(6,7)8)14-21(26-29(9,10)23(2,3)4)20-13-17(25)15-24(19,20)5/h11,13,18-19,21-22H,12,14-15H2,1-10H3/t18-,19+,21+,22-,24-/m1/s1. The lowest BCUT2D eigenvalue weighted by Crippen LogP contribution is -2.54.